The van der Waals surface area contributed by atoms with Crippen molar-refractivity contribution in [2.75, 3.05) is 0 Å². The summed E-state index contributed by atoms with van der Waals surface area (Å²) >= 11 is 0. The molecule has 0 radical (unpaired) electrons. The minimum absolute atomic E-state index is 0.132. The Balaban J connectivity index is 2.88. The van der Waals surface area contributed by atoms with Gasteiger partial charge in [-0.3, -0.25) is 0 Å². The van der Waals surface area contributed by atoms with Gasteiger partial charge in [0.2, 0.25) is 0 Å². The molecule has 0 atom stereocenters. The van der Waals surface area contributed by atoms with E-state index in [9.17, 15) is 0 Å². The van der Waals surface area contributed by atoms with Crippen molar-refractivity contribution in [3.8, 4) is 0 Å². The normalized spacial score (nSPS) is 12.0. The summed E-state index contributed by atoms with van der Waals surface area (Å²) in [7, 11) is 0. The van der Waals surface area contributed by atoms with Gasteiger partial charge in [-0.1, -0.05) is 20.8 Å². The molecule has 0 aliphatic heterocycles. The van der Waals surface area contributed by atoms with Crippen LogP contribution < -0.4 is 5.73 Å². The van der Waals surface area contributed by atoms with Crippen molar-refractivity contribution in [2.24, 2.45) is 5.73 Å². The monoisotopic (exact) mass is 167 g/mol. The first-order valence-electron chi connectivity index (χ1n) is 4.39. The number of furan rings is 1. The Labute approximate surface area is 73.8 Å². The Morgan fingerprint density at radius 3 is 2.50 bits per heavy atom. The summed E-state index contributed by atoms with van der Waals surface area (Å²) < 4.78 is 5.56. The van der Waals surface area contributed by atoms with Crippen LogP contribution in [-0.2, 0) is 12.0 Å². The van der Waals surface area contributed by atoms with Crippen molar-refractivity contribution in [3.63, 3.8) is 0 Å². The molecule has 2 nitrogen and oxygen atoms in total. The van der Waals surface area contributed by atoms with Gasteiger partial charge >= 0.3 is 0 Å². The minimum Gasteiger partial charge on any atom is -0.464 e. The van der Waals surface area contributed by atoms with Crippen LogP contribution in [0.15, 0.2) is 16.5 Å². The summed E-state index contributed by atoms with van der Waals surface area (Å²) in [6.45, 7) is 6.99. The van der Waals surface area contributed by atoms with Crippen LogP contribution in [0.25, 0.3) is 0 Å². The molecule has 0 bridgehead atoms. The Morgan fingerprint density at radius 2 is 2.08 bits per heavy atom. The molecule has 0 saturated heterocycles. The van der Waals surface area contributed by atoms with E-state index in [-0.39, 0.29) is 5.41 Å². The third-order valence-electron chi connectivity index (χ3n) is 2.41. The van der Waals surface area contributed by atoms with E-state index < -0.39 is 0 Å². The zero-order valence-corrected chi connectivity index (χ0v) is 8.05. The quantitative estimate of drug-likeness (QED) is 0.751. The average molecular weight is 167 g/mol. The summed E-state index contributed by atoms with van der Waals surface area (Å²) in [5, 5.41) is 0. The highest BCUT2D eigenvalue weighted by atomic mass is 16.3. The van der Waals surface area contributed by atoms with Gasteiger partial charge in [0.15, 0.2) is 0 Å². The van der Waals surface area contributed by atoms with E-state index in [4.69, 9.17) is 10.2 Å². The fourth-order valence-corrected chi connectivity index (χ4v) is 1.03. The first-order valence-corrected chi connectivity index (χ1v) is 4.39. The van der Waals surface area contributed by atoms with Crippen LogP contribution in [0.5, 0.6) is 0 Å². The standard InChI is InChI=1S/C10H17NO/c1-4-10(2,3)9-6-5-8(7-11)12-9/h5-6H,4,7,11H2,1-3H3. The molecule has 0 aliphatic carbocycles. The molecule has 0 aromatic carbocycles. The molecular formula is C10H17NO. The summed E-state index contributed by atoms with van der Waals surface area (Å²) in [5.41, 5.74) is 5.59. The molecule has 0 saturated carbocycles. The maximum Gasteiger partial charge on any atom is 0.117 e. The van der Waals surface area contributed by atoms with Gasteiger partial charge in [0.05, 0.1) is 6.54 Å². The lowest BCUT2D eigenvalue weighted by Crippen LogP contribution is -2.14. The lowest BCUT2D eigenvalue weighted by atomic mass is 9.88. The molecule has 0 unspecified atom stereocenters. The SMILES string of the molecule is CCC(C)(C)c1ccc(CN)o1. The summed E-state index contributed by atoms with van der Waals surface area (Å²) in [6.07, 6.45) is 1.07. The van der Waals surface area contributed by atoms with Crippen LogP contribution in [0.1, 0.15) is 38.7 Å². The van der Waals surface area contributed by atoms with Crippen LogP contribution in [0, 0.1) is 0 Å². The molecule has 68 valence electrons. The van der Waals surface area contributed by atoms with Crippen LogP contribution in [0.3, 0.4) is 0 Å². The second-order valence-corrected chi connectivity index (χ2v) is 3.71. The van der Waals surface area contributed by atoms with Gasteiger partial charge in [-0.25, -0.2) is 0 Å². The Bertz CT molecular complexity index is 250. The molecule has 1 heterocycles. The highest BCUT2D eigenvalue weighted by molar-refractivity contribution is 5.14. The highest BCUT2D eigenvalue weighted by Gasteiger charge is 2.21. The van der Waals surface area contributed by atoms with Crippen LogP contribution >= 0.6 is 0 Å². The van der Waals surface area contributed by atoms with E-state index in [0.29, 0.717) is 6.54 Å². The summed E-state index contributed by atoms with van der Waals surface area (Å²) in [4.78, 5) is 0. The van der Waals surface area contributed by atoms with Crippen molar-refractivity contribution in [3.05, 3.63) is 23.7 Å². The second kappa shape index (κ2) is 3.31. The lowest BCUT2D eigenvalue weighted by Gasteiger charge is -2.19. The molecule has 0 fully saturated rings. The molecule has 0 amide bonds. The molecule has 0 aliphatic rings. The fraction of sp³-hybridized carbons (Fsp3) is 0.600. The molecule has 1 aromatic heterocycles. The first-order chi connectivity index (χ1) is 5.60. The number of nitrogens with two attached hydrogens (primary N) is 1. The third kappa shape index (κ3) is 1.69. The summed E-state index contributed by atoms with van der Waals surface area (Å²) in [6, 6.07) is 3.97. The average Bonchev–Trinajstić information content (AvgIpc) is 2.52. The van der Waals surface area contributed by atoms with Gasteiger partial charge in [-0.2, -0.15) is 0 Å². The fourth-order valence-electron chi connectivity index (χ4n) is 1.03. The van der Waals surface area contributed by atoms with E-state index in [1.807, 2.05) is 12.1 Å². The van der Waals surface area contributed by atoms with Gasteiger partial charge in [0, 0.05) is 5.41 Å². The molecule has 1 aromatic rings. The third-order valence-corrected chi connectivity index (χ3v) is 2.41. The topological polar surface area (TPSA) is 39.2 Å². The molecule has 1 rings (SSSR count). The van der Waals surface area contributed by atoms with Gasteiger partial charge in [0.25, 0.3) is 0 Å². The maximum atomic E-state index is 5.56. The van der Waals surface area contributed by atoms with E-state index in [2.05, 4.69) is 20.8 Å². The number of rotatable bonds is 3. The molecular weight excluding hydrogens is 150 g/mol. The Kier molecular flexibility index (Phi) is 2.58. The van der Waals surface area contributed by atoms with E-state index >= 15 is 0 Å². The number of hydrogen-bond acceptors (Lipinski definition) is 2. The summed E-state index contributed by atoms with van der Waals surface area (Å²) in [5.74, 6) is 1.90. The number of hydrogen-bond donors (Lipinski definition) is 1. The van der Waals surface area contributed by atoms with Crippen LogP contribution in [-0.4, -0.2) is 0 Å². The van der Waals surface area contributed by atoms with Crippen molar-refractivity contribution < 1.29 is 4.42 Å². The maximum absolute atomic E-state index is 5.56. The molecule has 12 heavy (non-hydrogen) atoms. The van der Waals surface area contributed by atoms with Gasteiger partial charge in [-0.05, 0) is 18.6 Å². The largest absolute Gasteiger partial charge is 0.464 e. The molecule has 0 spiro atoms. The van der Waals surface area contributed by atoms with Crippen LogP contribution in [0.4, 0.5) is 0 Å². The van der Waals surface area contributed by atoms with Crippen molar-refractivity contribution in [2.45, 2.75) is 39.2 Å². The van der Waals surface area contributed by atoms with Crippen molar-refractivity contribution in [1.82, 2.24) is 0 Å². The van der Waals surface area contributed by atoms with E-state index in [1.165, 1.54) is 0 Å². The van der Waals surface area contributed by atoms with E-state index in [0.717, 1.165) is 17.9 Å². The molecule has 2 heteroatoms. The van der Waals surface area contributed by atoms with Gasteiger partial charge in [-0.15, -0.1) is 0 Å². The van der Waals surface area contributed by atoms with Crippen molar-refractivity contribution in [1.29, 1.82) is 0 Å². The first kappa shape index (κ1) is 9.33. The van der Waals surface area contributed by atoms with Crippen LogP contribution in [0.2, 0.25) is 0 Å². The molecule has 2 N–H and O–H groups in total. The van der Waals surface area contributed by atoms with Gasteiger partial charge < -0.3 is 10.2 Å². The zero-order chi connectivity index (χ0) is 9.19. The minimum atomic E-state index is 0.132. The Morgan fingerprint density at radius 1 is 1.42 bits per heavy atom. The van der Waals surface area contributed by atoms with Gasteiger partial charge in [0.1, 0.15) is 11.5 Å². The smallest absolute Gasteiger partial charge is 0.117 e. The predicted molar refractivity (Wildman–Crippen MR) is 49.9 cm³/mol. The zero-order valence-electron chi connectivity index (χ0n) is 8.05. The lowest BCUT2D eigenvalue weighted by molar-refractivity contribution is 0.359. The predicted octanol–water partition coefficient (Wildman–Crippen LogP) is 2.43. The second-order valence-electron chi connectivity index (χ2n) is 3.71. The van der Waals surface area contributed by atoms with Crippen molar-refractivity contribution >= 4 is 0 Å². The highest BCUT2D eigenvalue weighted by Crippen LogP contribution is 2.27. The van der Waals surface area contributed by atoms with E-state index in [1.54, 1.807) is 0 Å². The Hall–Kier alpha value is -0.760.